The molecule has 0 amide bonds. The highest BCUT2D eigenvalue weighted by Gasteiger charge is 2.15. The van der Waals surface area contributed by atoms with E-state index in [9.17, 15) is 10.1 Å². The van der Waals surface area contributed by atoms with Crippen LogP contribution in [-0.4, -0.2) is 47.3 Å². The molecular formula is C27H30N6O2. The van der Waals surface area contributed by atoms with Crippen LogP contribution in [0.15, 0.2) is 64.5 Å². The normalized spacial score (nSPS) is 16.2. The smallest absolute Gasteiger partial charge is 0.270 e. The van der Waals surface area contributed by atoms with E-state index in [1.54, 1.807) is 18.3 Å². The molecule has 2 heterocycles. The van der Waals surface area contributed by atoms with Gasteiger partial charge in [-0.15, -0.1) is 0 Å². The van der Waals surface area contributed by atoms with Crippen LogP contribution in [0, 0.1) is 17.2 Å². The Balaban J connectivity index is 1.34. The Kier molecular flexibility index (Phi) is 8.25. The number of hydrazone groups is 1. The van der Waals surface area contributed by atoms with Crippen molar-refractivity contribution in [2.45, 2.75) is 26.2 Å². The number of aromatic nitrogens is 2. The molecule has 2 N–H and O–H groups in total. The molecule has 8 nitrogen and oxygen atoms in total. The Bertz CT molecular complexity index is 1250. The molecule has 1 aromatic heterocycles. The number of likely N-dealkylation sites (tertiary alicyclic amines) is 1. The van der Waals surface area contributed by atoms with Crippen molar-refractivity contribution in [2.75, 3.05) is 31.7 Å². The van der Waals surface area contributed by atoms with Crippen molar-refractivity contribution in [3.63, 3.8) is 0 Å². The van der Waals surface area contributed by atoms with Gasteiger partial charge in [0.1, 0.15) is 17.4 Å². The second-order valence-electron chi connectivity index (χ2n) is 8.81. The standard InChI is InChI=1S/C27H30N6O2/c1-20-8-6-13-33(19-20)14-7-15-35-23-12-5-9-21(16-23)18-29-32-27-30-25(22-10-3-2-4-11-22)24(17-28)26(34)31-27/h2-5,9-12,16,18,20H,6-8,13-15,19H2,1H3,(H2,30,31,32,34). The van der Waals surface area contributed by atoms with E-state index in [1.165, 1.54) is 25.9 Å². The maximum absolute atomic E-state index is 12.4. The van der Waals surface area contributed by atoms with Crippen LogP contribution in [0.2, 0.25) is 0 Å². The number of ether oxygens (including phenoxy) is 1. The van der Waals surface area contributed by atoms with Crippen LogP contribution in [0.5, 0.6) is 5.75 Å². The van der Waals surface area contributed by atoms with E-state index in [-0.39, 0.29) is 11.5 Å². The van der Waals surface area contributed by atoms with Gasteiger partial charge in [0.15, 0.2) is 0 Å². The summed E-state index contributed by atoms with van der Waals surface area (Å²) in [6.07, 6.45) is 5.25. The number of hydrogen-bond donors (Lipinski definition) is 2. The molecule has 0 aliphatic carbocycles. The zero-order chi connectivity index (χ0) is 24.5. The molecule has 1 unspecified atom stereocenters. The average molecular weight is 471 g/mol. The zero-order valence-electron chi connectivity index (χ0n) is 19.9. The molecule has 2 aromatic carbocycles. The topological polar surface area (TPSA) is 106 Å². The van der Waals surface area contributed by atoms with Gasteiger partial charge in [-0.2, -0.15) is 10.4 Å². The van der Waals surface area contributed by atoms with E-state index in [2.05, 4.69) is 32.3 Å². The van der Waals surface area contributed by atoms with Gasteiger partial charge in [0.2, 0.25) is 5.95 Å². The quantitative estimate of drug-likeness (QED) is 0.275. The van der Waals surface area contributed by atoms with Crippen LogP contribution in [0.4, 0.5) is 5.95 Å². The van der Waals surface area contributed by atoms with E-state index in [0.29, 0.717) is 17.9 Å². The fraction of sp³-hybridized carbons (Fsp3) is 0.333. The van der Waals surface area contributed by atoms with Gasteiger partial charge >= 0.3 is 0 Å². The van der Waals surface area contributed by atoms with Crippen molar-refractivity contribution in [2.24, 2.45) is 11.0 Å². The van der Waals surface area contributed by atoms with Gasteiger partial charge < -0.3 is 9.64 Å². The average Bonchev–Trinajstić information content (AvgIpc) is 2.87. The molecule has 0 spiro atoms. The van der Waals surface area contributed by atoms with Crippen molar-refractivity contribution >= 4 is 12.2 Å². The number of aromatic amines is 1. The minimum absolute atomic E-state index is 0.0367. The fourth-order valence-corrected chi connectivity index (χ4v) is 4.26. The van der Waals surface area contributed by atoms with Gasteiger partial charge in [-0.25, -0.2) is 10.4 Å². The molecule has 3 aromatic rings. The maximum Gasteiger partial charge on any atom is 0.270 e. The van der Waals surface area contributed by atoms with Gasteiger partial charge in [-0.05, 0) is 49.4 Å². The van der Waals surface area contributed by atoms with Crippen molar-refractivity contribution < 1.29 is 4.74 Å². The summed E-state index contributed by atoms with van der Waals surface area (Å²) in [5, 5.41) is 13.6. The maximum atomic E-state index is 12.4. The summed E-state index contributed by atoms with van der Waals surface area (Å²) in [6.45, 7) is 6.43. The van der Waals surface area contributed by atoms with Gasteiger partial charge in [0, 0.05) is 18.7 Å². The van der Waals surface area contributed by atoms with Crippen molar-refractivity contribution in [1.29, 1.82) is 5.26 Å². The lowest BCUT2D eigenvalue weighted by atomic mass is 10.0. The number of nitrogens with zero attached hydrogens (tertiary/aromatic N) is 4. The summed E-state index contributed by atoms with van der Waals surface area (Å²) in [5.74, 6) is 1.73. The molecule has 8 heteroatoms. The largest absolute Gasteiger partial charge is 0.494 e. The summed E-state index contributed by atoms with van der Waals surface area (Å²) >= 11 is 0. The first-order chi connectivity index (χ1) is 17.1. The van der Waals surface area contributed by atoms with Gasteiger partial charge in [0.25, 0.3) is 5.56 Å². The number of H-pyrrole nitrogens is 1. The number of nitrogens with one attached hydrogen (secondary N) is 2. The molecule has 0 saturated carbocycles. The predicted molar refractivity (Wildman–Crippen MR) is 138 cm³/mol. The molecule has 180 valence electrons. The van der Waals surface area contributed by atoms with E-state index >= 15 is 0 Å². The summed E-state index contributed by atoms with van der Waals surface area (Å²) in [7, 11) is 0. The fourth-order valence-electron chi connectivity index (χ4n) is 4.26. The highest BCUT2D eigenvalue weighted by molar-refractivity contribution is 5.80. The second-order valence-corrected chi connectivity index (χ2v) is 8.81. The van der Waals surface area contributed by atoms with E-state index in [0.717, 1.165) is 30.2 Å². The molecule has 1 aliphatic rings. The molecule has 0 radical (unpaired) electrons. The minimum atomic E-state index is -0.520. The molecule has 0 bridgehead atoms. The first-order valence-electron chi connectivity index (χ1n) is 12.0. The lowest BCUT2D eigenvalue weighted by Crippen LogP contribution is -2.35. The number of rotatable bonds is 9. The number of piperidine rings is 1. The Morgan fingerprint density at radius 3 is 2.94 bits per heavy atom. The number of benzene rings is 2. The lowest BCUT2D eigenvalue weighted by Gasteiger charge is -2.30. The predicted octanol–water partition coefficient (Wildman–Crippen LogP) is 4.26. The van der Waals surface area contributed by atoms with Gasteiger partial charge in [0.05, 0.1) is 18.5 Å². The van der Waals surface area contributed by atoms with Crippen LogP contribution in [0.3, 0.4) is 0 Å². The van der Waals surface area contributed by atoms with Crippen LogP contribution >= 0.6 is 0 Å². The monoisotopic (exact) mass is 470 g/mol. The van der Waals surface area contributed by atoms with Crippen molar-refractivity contribution in [1.82, 2.24) is 14.9 Å². The van der Waals surface area contributed by atoms with Gasteiger partial charge in [-0.1, -0.05) is 49.4 Å². The number of hydrogen-bond acceptors (Lipinski definition) is 7. The highest BCUT2D eigenvalue weighted by Crippen LogP contribution is 2.20. The third-order valence-electron chi connectivity index (χ3n) is 5.95. The van der Waals surface area contributed by atoms with E-state index < -0.39 is 5.56 Å². The van der Waals surface area contributed by atoms with Gasteiger partial charge in [-0.3, -0.25) is 9.78 Å². The van der Waals surface area contributed by atoms with Crippen LogP contribution in [-0.2, 0) is 0 Å². The molecule has 4 rings (SSSR count). The molecule has 1 fully saturated rings. The molecule has 1 aliphatic heterocycles. The molecule has 1 saturated heterocycles. The SMILES string of the molecule is CC1CCCN(CCCOc2cccc(C=NNc3nc(-c4ccccc4)c(C#N)c(=O)[nH]3)c2)C1. The van der Waals surface area contributed by atoms with E-state index in [1.807, 2.05) is 48.5 Å². The molecular weight excluding hydrogens is 440 g/mol. The Hall–Kier alpha value is -3.96. The van der Waals surface area contributed by atoms with Crippen LogP contribution < -0.4 is 15.7 Å². The Morgan fingerprint density at radius 1 is 1.29 bits per heavy atom. The highest BCUT2D eigenvalue weighted by atomic mass is 16.5. The molecule has 1 atom stereocenters. The summed E-state index contributed by atoms with van der Waals surface area (Å²) in [4.78, 5) is 21.8. The lowest BCUT2D eigenvalue weighted by molar-refractivity contribution is 0.170. The molecule has 35 heavy (non-hydrogen) atoms. The minimum Gasteiger partial charge on any atom is -0.494 e. The Morgan fingerprint density at radius 2 is 2.14 bits per heavy atom. The summed E-state index contributed by atoms with van der Waals surface area (Å²) in [5.41, 5.74) is 4.04. The van der Waals surface area contributed by atoms with Crippen molar-refractivity contribution in [3.05, 3.63) is 76.1 Å². The van der Waals surface area contributed by atoms with E-state index in [4.69, 9.17) is 4.74 Å². The van der Waals surface area contributed by atoms with Crippen LogP contribution in [0.25, 0.3) is 11.3 Å². The third-order valence-corrected chi connectivity index (χ3v) is 5.95. The number of nitriles is 1. The second kappa shape index (κ2) is 12.0. The summed E-state index contributed by atoms with van der Waals surface area (Å²) < 4.78 is 5.94. The first kappa shape index (κ1) is 24.2. The third kappa shape index (κ3) is 6.78. The summed E-state index contributed by atoms with van der Waals surface area (Å²) in [6, 6.07) is 18.7. The zero-order valence-corrected chi connectivity index (χ0v) is 19.9. The number of anilines is 1. The first-order valence-corrected chi connectivity index (χ1v) is 12.0. The van der Waals surface area contributed by atoms with Crippen molar-refractivity contribution in [3.8, 4) is 23.1 Å². The Labute approximate surface area is 205 Å². The van der Waals surface area contributed by atoms with Crippen LogP contribution in [0.1, 0.15) is 37.3 Å².